The lowest BCUT2D eigenvalue weighted by atomic mass is 10.0. The first-order valence-electron chi connectivity index (χ1n) is 13.3. The molecule has 0 spiro atoms. The number of carbonyl (C=O) groups excluding carboxylic acids is 1. The number of thiophene rings is 1. The first-order valence-corrected chi connectivity index (χ1v) is 15.0. The van der Waals surface area contributed by atoms with E-state index in [0.717, 1.165) is 71.9 Å². The monoisotopic (exact) mass is 542 g/mol. The van der Waals surface area contributed by atoms with Crippen LogP contribution in [0.15, 0.2) is 47.8 Å². The van der Waals surface area contributed by atoms with Crippen LogP contribution in [0.1, 0.15) is 34.7 Å². The number of aryl methyl sites for hydroxylation is 1. The highest BCUT2D eigenvalue weighted by Gasteiger charge is 2.29. The van der Waals surface area contributed by atoms with Crippen molar-refractivity contribution in [1.29, 1.82) is 0 Å². The third-order valence-electron chi connectivity index (χ3n) is 7.78. The highest BCUT2D eigenvalue weighted by atomic mass is 32.1. The standard InChI is InChI=1S/C29H30N6OS2/c1-18-30-25-9-8-19(13-27(25)38-18)28-23-16-35(12-10-24(23)32-33-28)29(36)31-21-5-4-11-34(15-21)14-20-17-37-26-7-3-2-6-22(20)26/h2-3,6-9,13,17,21H,4-5,10-12,14-16H2,1H3,(H,31,36)(H,32,33). The number of nitrogens with zero attached hydrogens (tertiary/aromatic N) is 4. The number of piperidine rings is 1. The second kappa shape index (κ2) is 9.80. The Balaban J connectivity index is 1.02. The summed E-state index contributed by atoms with van der Waals surface area (Å²) in [5, 5.41) is 15.9. The van der Waals surface area contributed by atoms with Crippen LogP contribution >= 0.6 is 22.7 Å². The maximum Gasteiger partial charge on any atom is 0.317 e. The van der Waals surface area contributed by atoms with E-state index < -0.39 is 0 Å². The fraction of sp³-hybridized carbons (Fsp3) is 0.345. The number of aromatic nitrogens is 3. The zero-order valence-corrected chi connectivity index (χ0v) is 23.0. The molecule has 0 aliphatic carbocycles. The van der Waals surface area contributed by atoms with Gasteiger partial charge in [-0.3, -0.25) is 10.00 Å². The second-order valence-electron chi connectivity index (χ2n) is 10.4. The summed E-state index contributed by atoms with van der Waals surface area (Å²) in [4.78, 5) is 22.4. The van der Waals surface area contributed by atoms with Crippen LogP contribution < -0.4 is 5.32 Å². The quantitative estimate of drug-likeness (QED) is 0.295. The summed E-state index contributed by atoms with van der Waals surface area (Å²) >= 11 is 3.52. The van der Waals surface area contributed by atoms with E-state index in [1.165, 1.54) is 20.3 Å². The molecule has 0 radical (unpaired) electrons. The van der Waals surface area contributed by atoms with Crippen molar-refractivity contribution in [3.63, 3.8) is 0 Å². The lowest BCUT2D eigenvalue weighted by Gasteiger charge is -2.35. The van der Waals surface area contributed by atoms with E-state index in [2.05, 4.69) is 73.2 Å². The van der Waals surface area contributed by atoms with Gasteiger partial charge in [0.25, 0.3) is 0 Å². The molecule has 2 aliphatic rings. The molecule has 9 heteroatoms. The Morgan fingerprint density at radius 3 is 3.05 bits per heavy atom. The highest BCUT2D eigenvalue weighted by Crippen LogP contribution is 2.32. The van der Waals surface area contributed by atoms with E-state index in [9.17, 15) is 4.79 Å². The molecular formula is C29H30N6OS2. The molecule has 7 rings (SSSR count). The molecule has 1 atom stereocenters. The number of urea groups is 1. The molecule has 2 N–H and O–H groups in total. The number of amides is 2. The summed E-state index contributed by atoms with van der Waals surface area (Å²) in [6, 6.07) is 15.2. The van der Waals surface area contributed by atoms with E-state index in [0.29, 0.717) is 13.1 Å². The minimum atomic E-state index is 0.0316. The van der Waals surface area contributed by atoms with E-state index in [-0.39, 0.29) is 12.1 Å². The first-order chi connectivity index (χ1) is 18.6. The Morgan fingerprint density at radius 2 is 2.11 bits per heavy atom. The second-order valence-corrected chi connectivity index (χ2v) is 12.5. The normalized spacial score (nSPS) is 18.2. The van der Waals surface area contributed by atoms with Gasteiger partial charge in [-0.05, 0) is 60.8 Å². The van der Waals surface area contributed by atoms with Crippen molar-refractivity contribution in [2.45, 2.75) is 45.3 Å². The topological polar surface area (TPSA) is 77.1 Å². The van der Waals surface area contributed by atoms with Crippen molar-refractivity contribution < 1.29 is 4.79 Å². The molecule has 1 saturated heterocycles. The lowest BCUT2D eigenvalue weighted by Crippen LogP contribution is -2.52. The Kier molecular flexibility index (Phi) is 6.14. The predicted octanol–water partition coefficient (Wildman–Crippen LogP) is 5.94. The fourth-order valence-electron chi connectivity index (χ4n) is 5.87. The molecule has 0 saturated carbocycles. The van der Waals surface area contributed by atoms with Gasteiger partial charge in [0.1, 0.15) is 0 Å². The SMILES string of the molecule is Cc1nc2ccc(-c3n[nH]c4c3CN(C(=O)NC3CCCN(Cc5csc6ccccc56)C3)CC4)cc2s1. The van der Waals surface area contributed by atoms with Crippen LogP contribution in [0.25, 0.3) is 31.6 Å². The molecule has 194 valence electrons. The predicted molar refractivity (Wildman–Crippen MR) is 155 cm³/mol. The molecule has 2 amide bonds. The molecular weight excluding hydrogens is 512 g/mol. The number of aromatic amines is 1. The summed E-state index contributed by atoms with van der Waals surface area (Å²) in [5.41, 5.74) is 6.69. The minimum absolute atomic E-state index is 0.0316. The number of hydrogen-bond donors (Lipinski definition) is 2. The molecule has 5 aromatic rings. The minimum Gasteiger partial charge on any atom is -0.334 e. The smallest absolute Gasteiger partial charge is 0.317 e. The Labute approximate surface area is 229 Å². The number of rotatable bonds is 4. The van der Waals surface area contributed by atoms with Crippen LogP contribution in [-0.2, 0) is 19.5 Å². The van der Waals surface area contributed by atoms with Crippen molar-refractivity contribution in [3.05, 3.63) is 69.7 Å². The van der Waals surface area contributed by atoms with E-state index >= 15 is 0 Å². The van der Waals surface area contributed by atoms with Gasteiger partial charge in [0.15, 0.2) is 0 Å². The summed E-state index contributed by atoms with van der Waals surface area (Å²) in [6.07, 6.45) is 2.92. The Hall–Kier alpha value is -3.27. The number of hydrogen-bond acceptors (Lipinski definition) is 6. The van der Waals surface area contributed by atoms with Gasteiger partial charge >= 0.3 is 6.03 Å². The number of likely N-dealkylation sites (tertiary alicyclic amines) is 1. The number of nitrogens with one attached hydrogen (secondary N) is 2. The van der Waals surface area contributed by atoms with Crippen molar-refractivity contribution >= 4 is 49.0 Å². The van der Waals surface area contributed by atoms with Crippen LogP contribution in [0.4, 0.5) is 4.79 Å². The van der Waals surface area contributed by atoms with Crippen LogP contribution in [0.2, 0.25) is 0 Å². The van der Waals surface area contributed by atoms with Crippen molar-refractivity contribution in [1.82, 2.24) is 30.3 Å². The van der Waals surface area contributed by atoms with E-state index in [1.807, 2.05) is 23.2 Å². The summed E-state index contributed by atoms with van der Waals surface area (Å²) in [5.74, 6) is 0. The highest BCUT2D eigenvalue weighted by molar-refractivity contribution is 7.18. The van der Waals surface area contributed by atoms with Gasteiger partial charge in [-0.1, -0.05) is 24.3 Å². The fourth-order valence-corrected chi connectivity index (χ4v) is 7.69. The van der Waals surface area contributed by atoms with Gasteiger partial charge in [0.05, 0.1) is 27.5 Å². The van der Waals surface area contributed by atoms with Gasteiger partial charge < -0.3 is 10.2 Å². The molecule has 1 unspecified atom stereocenters. The Bertz CT molecular complexity index is 1630. The molecule has 7 nitrogen and oxygen atoms in total. The third kappa shape index (κ3) is 4.48. The Morgan fingerprint density at radius 1 is 1.18 bits per heavy atom. The van der Waals surface area contributed by atoms with Crippen LogP contribution in [0.5, 0.6) is 0 Å². The van der Waals surface area contributed by atoms with Gasteiger partial charge in [0.2, 0.25) is 0 Å². The average Bonchev–Trinajstić information content (AvgIpc) is 3.64. The maximum absolute atomic E-state index is 13.4. The van der Waals surface area contributed by atoms with Crippen molar-refractivity contribution in [2.75, 3.05) is 19.6 Å². The number of benzene rings is 2. The van der Waals surface area contributed by atoms with Gasteiger partial charge in [-0.15, -0.1) is 22.7 Å². The van der Waals surface area contributed by atoms with Gasteiger partial charge in [0, 0.05) is 53.6 Å². The molecule has 5 heterocycles. The maximum atomic E-state index is 13.4. The van der Waals surface area contributed by atoms with Crippen LogP contribution in [-0.4, -0.2) is 56.7 Å². The zero-order valence-electron chi connectivity index (χ0n) is 21.4. The number of fused-ring (bicyclic) bond motifs is 3. The summed E-state index contributed by atoms with van der Waals surface area (Å²) in [6.45, 7) is 6.21. The van der Waals surface area contributed by atoms with E-state index in [1.54, 1.807) is 11.3 Å². The molecule has 2 aromatic carbocycles. The van der Waals surface area contributed by atoms with Gasteiger partial charge in [-0.2, -0.15) is 5.10 Å². The first kappa shape index (κ1) is 23.8. The number of H-pyrrole nitrogens is 1. The molecule has 2 aliphatic heterocycles. The average molecular weight is 543 g/mol. The summed E-state index contributed by atoms with van der Waals surface area (Å²) < 4.78 is 2.51. The van der Waals surface area contributed by atoms with E-state index in [4.69, 9.17) is 0 Å². The number of carbonyl (C=O) groups is 1. The molecule has 3 aromatic heterocycles. The van der Waals surface area contributed by atoms with Crippen LogP contribution in [0.3, 0.4) is 0 Å². The lowest BCUT2D eigenvalue weighted by molar-refractivity contribution is 0.160. The van der Waals surface area contributed by atoms with Crippen molar-refractivity contribution in [3.8, 4) is 11.3 Å². The third-order valence-corrected chi connectivity index (χ3v) is 9.72. The summed E-state index contributed by atoms with van der Waals surface area (Å²) in [7, 11) is 0. The molecule has 38 heavy (non-hydrogen) atoms. The van der Waals surface area contributed by atoms with Crippen molar-refractivity contribution in [2.24, 2.45) is 0 Å². The number of thiazole rings is 1. The zero-order chi connectivity index (χ0) is 25.6. The molecule has 1 fully saturated rings. The molecule has 0 bridgehead atoms. The van der Waals surface area contributed by atoms with Crippen LogP contribution in [0, 0.1) is 6.92 Å². The van der Waals surface area contributed by atoms with Gasteiger partial charge in [-0.25, -0.2) is 9.78 Å². The largest absolute Gasteiger partial charge is 0.334 e.